The summed E-state index contributed by atoms with van der Waals surface area (Å²) in [7, 11) is 0. The Labute approximate surface area is 444 Å². The van der Waals surface area contributed by atoms with Crippen molar-refractivity contribution in [3.8, 4) is 0 Å². The van der Waals surface area contributed by atoms with Crippen LogP contribution in [0.2, 0.25) is 0 Å². The first-order chi connectivity index (χ1) is 36.0. The highest BCUT2D eigenvalue weighted by atomic mass is 16.7. The van der Waals surface area contributed by atoms with Gasteiger partial charge in [0.1, 0.15) is 55.4 Å². The Morgan fingerprint density at radius 2 is 0.838 bits per heavy atom. The van der Waals surface area contributed by atoms with Crippen LogP contribution in [0.3, 0.4) is 0 Å². The zero-order valence-electron chi connectivity index (χ0n) is 45.0. The molecule has 0 saturated carbocycles. The molecule has 0 aromatic rings. The number of aliphatic hydroxyl groups excluding tert-OH is 7. The Balaban J connectivity index is 1.81. The van der Waals surface area contributed by atoms with E-state index >= 15 is 0 Å². The molecular formula is C59H98O15. The normalized spacial score (nSPS) is 25.3. The molecule has 0 aromatic carbocycles. The topological polar surface area (TPSA) is 231 Å². The average molecular weight is 1050 g/mol. The maximum absolute atomic E-state index is 13.1. The van der Waals surface area contributed by atoms with Crippen molar-refractivity contribution in [2.75, 3.05) is 26.4 Å². The zero-order chi connectivity index (χ0) is 53.9. The number of carbonyl (C=O) groups is 2. The molecule has 0 aliphatic carbocycles. The van der Waals surface area contributed by atoms with Gasteiger partial charge in [-0.2, -0.15) is 0 Å². The van der Waals surface area contributed by atoms with Crippen LogP contribution in [0.1, 0.15) is 181 Å². The Bertz CT molecular complexity index is 1610. The highest BCUT2D eigenvalue weighted by Crippen LogP contribution is 2.26. The minimum Gasteiger partial charge on any atom is -0.462 e. The van der Waals surface area contributed by atoms with E-state index in [-0.39, 0.29) is 19.4 Å². The SMILES string of the molecule is CCCCC/C=C/C/C=C/C/C=C/C/C=C/C/C=C/CCC(=O)OC[C@@H](CO[C@@H]1O[C@H](CO[C@@H]2O[C@H](CO)[C@H](O)C(O)C2O)[C@H](O)C(O)C1O)OC(=O)CCCCCCCCCCC/C=C/C/C=C/CCCCC. The van der Waals surface area contributed by atoms with Gasteiger partial charge >= 0.3 is 11.9 Å². The molecule has 0 spiro atoms. The van der Waals surface area contributed by atoms with Crippen molar-refractivity contribution >= 4 is 11.9 Å². The summed E-state index contributed by atoms with van der Waals surface area (Å²) in [6.45, 7) is 2.46. The summed E-state index contributed by atoms with van der Waals surface area (Å²) >= 11 is 0. The fourth-order valence-electron chi connectivity index (χ4n) is 8.23. The van der Waals surface area contributed by atoms with Crippen LogP contribution in [0.25, 0.3) is 0 Å². The van der Waals surface area contributed by atoms with Gasteiger partial charge in [0.15, 0.2) is 18.7 Å². The van der Waals surface area contributed by atoms with Crippen molar-refractivity contribution in [3.63, 3.8) is 0 Å². The zero-order valence-corrected chi connectivity index (χ0v) is 45.0. The van der Waals surface area contributed by atoms with Gasteiger partial charge in [-0.15, -0.1) is 0 Å². The van der Waals surface area contributed by atoms with E-state index < -0.39 is 99.3 Å². The standard InChI is InChI=1S/C59H98O15/c1-3-5-7-9-11-13-15-17-19-21-23-25-27-29-31-33-35-37-39-41-50(61)69-44-47(72-51(62)42-40-38-36-34-32-30-28-26-24-22-20-18-16-14-12-10-8-6-4-2)45-70-58-57(68)55(66)53(64)49(74-58)46-71-59-56(67)54(65)52(63)48(43-60)73-59/h11-14,17-20,23,25,29,31,35,37,47-49,52-60,63-68H,3-10,15-16,21-22,24,26-28,30,32-34,36,38-46H2,1-2H3/b13-11+,14-12+,19-17+,20-18+,25-23+,31-29+,37-35+/t47-,48+,49+,52-,53-,54?,55?,56?,57?,58+,59+/m0/s1. The molecule has 0 amide bonds. The summed E-state index contributed by atoms with van der Waals surface area (Å²) in [5, 5.41) is 72.2. The largest absolute Gasteiger partial charge is 0.462 e. The monoisotopic (exact) mass is 1050 g/mol. The van der Waals surface area contributed by atoms with Gasteiger partial charge in [-0.25, -0.2) is 0 Å². The molecule has 15 heteroatoms. The molecule has 4 unspecified atom stereocenters. The summed E-state index contributed by atoms with van der Waals surface area (Å²) in [6, 6.07) is 0. The second-order valence-electron chi connectivity index (χ2n) is 19.4. The van der Waals surface area contributed by atoms with Crippen molar-refractivity contribution in [3.05, 3.63) is 85.1 Å². The number of allylic oxidation sites excluding steroid dienone is 14. The predicted molar refractivity (Wildman–Crippen MR) is 289 cm³/mol. The van der Waals surface area contributed by atoms with E-state index in [1.54, 1.807) is 0 Å². The maximum atomic E-state index is 13.1. The van der Waals surface area contributed by atoms with Crippen LogP contribution in [-0.4, -0.2) is 142 Å². The van der Waals surface area contributed by atoms with Gasteiger partial charge in [0.2, 0.25) is 0 Å². The minimum absolute atomic E-state index is 0.0893. The van der Waals surface area contributed by atoms with Gasteiger partial charge in [0.25, 0.3) is 0 Å². The molecule has 2 aliphatic rings. The number of hydrogen-bond donors (Lipinski definition) is 7. The molecule has 11 atom stereocenters. The molecule has 0 bridgehead atoms. The first-order valence-electron chi connectivity index (χ1n) is 28.2. The van der Waals surface area contributed by atoms with Crippen LogP contribution in [0, 0.1) is 0 Å². The fraction of sp³-hybridized carbons (Fsp3) is 0.729. The molecule has 2 heterocycles. The fourth-order valence-corrected chi connectivity index (χ4v) is 8.23. The third-order valence-electron chi connectivity index (χ3n) is 12.9. The highest BCUT2D eigenvalue weighted by molar-refractivity contribution is 5.70. The number of rotatable bonds is 43. The quantitative estimate of drug-likeness (QED) is 0.0172. The number of aliphatic hydroxyl groups is 7. The number of unbranched alkanes of at least 4 members (excludes halogenated alkanes) is 15. The lowest BCUT2D eigenvalue weighted by Gasteiger charge is -2.42. The molecule has 2 fully saturated rings. The van der Waals surface area contributed by atoms with Crippen LogP contribution in [0.5, 0.6) is 0 Å². The Hall–Kier alpha value is -3.32. The van der Waals surface area contributed by atoms with Crippen LogP contribution in [-0.2, 0) is 38.0 Å². The highest BCUT2D eigenvalue weighted by Gasteiger charge is 2.47. The number of hydrogen-bond acceptors (Lipinski definition) is 15. The smallest absolute Gasteiger partial charge is 0.306 e. The molecule has 0 aromatic heterocycles. The lowest BCUT2D eigenvalue weighted by Crippen LogP contribution is -2.61. The van der Waals surface area contributed by atoms with E-state index in [0.29, 0.717) is 12.8 Å². The molecule has 7 N–H and O–H groups in total. The molecular weight excluding hydrogens is 949 g/mol. The van der Waals surface area contributed by atoms with Crippen molar-refractivity contribution in [1.82, 2.24) is 0 Å². The van der Waals surface area contributed by atoms with Crippen molar-refractivity contribution in [2.24, 2.45) is 0 Å². The summed E-state index contributed by atoms with van der Waals surface area (Å²) in [5.41, 5.74) is 0. The second kappa shape index (κ2) is 44.8. The molecule has 2 aliphatic heterocycles. The average Bonchev–Trinajstić information content (AvgIpc) is 3.39. The lowest BCUT2D eigenvalue weighted by atomic mass is 9.98. The van der Waals surface area contributed by atoms with E-state index in [1.807, 2.05) is 12.2 Å². The van der Waals surface area contributed by atoms with Gasteiger partial charge in [0, 0.05) is 12.8 Å². The molecule has 15 nitrogen and oxygen atoms in total. The summed E-state index contributed by atoms with van der Waals surface area (Å²) in [4.78, 5) is 25.8. The van der Waals surface area contributed by atoms with Crippen molar-refractivity contribution < 1.29 is 73.8 Å². The number of ether oxygens (including phenoxy) is 6. The summed E-state index contributed by atoms with van der Waals surface area (Å²) in [5.74, 6) is -1.03. The predicted octanol–water partition coefficient (Wildman–Crippen LogP) is 9.16. The van der Waals surface area contributed by atoms with Gasteiger partial charge in [-0.3, -0.25) is 9.59 Å². The minimum atomic E-state index is -1.78. The van der Waals surface area contributed by atoms with E-state index in [4.69, 9.17) is 28.4 Å². The van der Waals surface area contributed by atoms with Crippen LogP contribution < -0.4 is 0 Å². The summed E-state index contributed by atoms with van der Waals surface area (Å²) < 4.78 is 33.6. The van der Waals surface area contributed by atoms with Gasteiger partial charge in [-0.1, -0.05) is 170 Å². The molecule has 424 valence electrons. The number of carbonyl (C=O) groups excluding carboxylic acids is 2. The van der Waals surface area contributed by atoms with E-state index in [1.165, 1.54) is 70.6 Å². The summed E-state index contributed by atoms with van der Waals surface area (Å²) in [6.07, 6.45) is 38.9. The number of esters is 2. The molecule has 2 rings (SSSR count). The van der Waals surface area contributed by atoms with E-state index in [0.717, 1.165) is 70.6 Å². The Morgan fingerprint density at radius 1 is 0.432 bits per heavy atom. The van der Waals surface area contributed by atoms with Crippen molar-refractivity contribution in [1.29, 1.82) is 0 Å². The van der Waals surface area contributed by atoms with Crippen LogP contribution in [0.15, 0.2) is 85.1 Å². The lowest BCUT2D eigenvalue weighted by molar-refractivity contribution is -0.332. The first kappa shape index (κ1) is 66.8. The van der Waals surface area contributed by atoms with E-state index in [9.17, 15) is 45.3 Å². The first-order valence-corrected chi connectivity index (χ1v) is 28.2. The third kappa shape index (κ3) is 31.7. The maximum Gasteiger partial charge on any atom is 0.306 e. The van der Waals surface area contributed by atoms with E-state index in [2.05, 4.69) is 86.8 Å². The third-order valence-corrected chi connectivity index (χ3v) is 12.9. The van der Waals surface area contributed by atoms with Crippen LogP contribution >= 0.6 is 0 Å². The Kier molecular flexibility index (Phi) is 40.4. The molecule has 0 radical (unpaired) electrons. The molecule has 74 heavy (non-hydrogen) atoms. The Morgan fingerprint density at radius 3 is 1.32 bits per heavy atom. The van der Waals surface area contributed by atoms with Gasteiger partial charge < -0.3 is 64.2 Å². The van der Waals surface area contributed by atoms with Crippen LogP contribution in [0.4, 0.5) is 0 Å². The molecule has 2 saturated heterocycles. The van der Waals surface area contributed by atoms with Crippen molar-refractivity contribution in [2.45, 2.75) is 248 Å². The van der Waals surface area contributed by atoms with Gasteiger partial charge in [-0.05, 0) is 83.5 Å². The van der Waals surface area contributed by atoms with Gasteiger partial charge in [0.05, 0.1) is 19.8 Å². The second-order valence-corrected chi connectivity index (χ2v) is 19.4.